The minimum atomic E-state index is -0.687. The molecule has 4 aromatic rings. The summed E-state index contributed by atoms with van der Waals surface area (Å²) in [6, 6.07) is 12.1. The van der Waals surface area contributed by atoms with Crippen LogP contribution in [0.1, 0.15) is 81.3 Å². The van der Waals surface area contributed by atoms with Crippen LogP contribution in [0.25, 0.3) is 22.3 Å². The smallest absolute Gasteiger partial charge is 0.407 e. The number of likely N-dealkylation sites (tertiary alicyclic amines) is 2. The number of hydrogen-bond donors (Lipinski definition) is 3. The van der Waals surface area contributed by atoms with Gasteiger partial charge in [-0.1, -0.05) is 37.8 Å². The summed E-state index contributed by atoms with van der Waals surface area (Å²) < 4.78 is 4.74. The normalized spacial score (nSPS) is 18.4. The van der Waals surface area contributed by atoms with Gasteiger partial charge in [0.25, 0.3) is 0 Å². The van der Waals surface area contributed by atoms with Crippen molar-refractivity contribution in [3.8, 4) is 23.1 Å². The van der Waals surface area contributed by atoms with Gasteiger partial charge in [-0.25, -0.2) is 19.8 Å². The highest BCUT2D eigenvalue weighted by molar-refractivity contribution is 5.86. The van der Waals surface area contributed by atoms with Gasteiger partial charge in [0.1, 0.15) is 23.7 Å². The van der Waals surface area contributed by atoms with Gasteiger partial charge >= 0.3 is 6.09 Å². The Hall–Kier alpha value is -5.68. The van der Waals surface area contributed by atoms with E-state index in [1.165, 1.54) is 14.2 Å². The number of hydrogen-bond acceptors (Lipinski definition) is 9. The van der Waals surface area contributed by atoms with E-state index in [1.54, 1.807) is 18.0 Å². The third kappa shape index (κ3) is 7.94. The maximum Gasteiger partial charge on any atom is 0.407 e. The molecule has 4 atom stereocenters. The molecule has 2 aromatic carbocycles. The van der Waals surface area contributed by atoms with Crippen LogP contribution in [0.15, 0.2) is 53.7 Å². The summed E-state index contributed by atoms with van der Waals surface area (Å²) in [4.78, 5) is 71.7. The largest absolute Gasteiger partial charge is 0.453 e. The first-order chi connectivity index (χ1) is 25.2. The molecule has 2 aliphatic heterocycles. The Morgan fingerprint density at radius 1 is 0.923 bits per heavy atom. The topological polar surface area (TPSA) is 167 Å². The lowest BCUT2D eigenvalue weighted by molar-refractivity contribution is -0.188. The number of H-pyrrole nitrogens is 2. The third-order valence-electron chi connectivity index (χ3n) is 9.52. The van der Waals surface area contributed by atoms with E-state index < -0.39 is 18.2 Å². The van der Waals surface area contributed by atoms with Crippen LogP contribution < -0.4 is 5.32 Å². The number of alkyl carbamates (subject to hydrolysis) is 1. The second-order valence-corrected chi connectivity index (χ2v) is 13.3. The Morgan fingerprint density at radius 3 is 2.29 bits per heavy atom. The second kappa shape index (κ2) is 16.1. The third-order valence-corrected chi connectivity index (χ3v) is 9.52. The molecule has 4 heterocycles. The quantitative estimate of drug-likeness (QED) is 0.0676. The van der Waals surface area contributed by atoms with E-state index >= 15 is 0 Å². The Balaban J connectivity index is 1.11. The molecule has 2 saturated heterocycles. The van der Waals surface area contributed by atoms with Gasteiger partial charge in [0.2, 0.25) is 18.2 Å². The SMILES string of the molecule is COOC=N[C@@H](C)C(=O)N1CCC[C@H]1c1nc2ccc(C#Cc3ccc(-c4cnc([C@@H]5CCCN5C(=O)[C@@H](NC(=O)OC)C(C)C)[nH]4)cc3)cc2[nH]1. The number of rotatable bonds is 10. The first-order valence-corrected chi connectivity index (χ1v) is 17.5. The van der Waals surface area contributed by atoms with Gasteiger partial charge in [0.05, 0.1) is 49.2 Å². The van der Waals surface area contributed by atoms with Crippen molar-refractivity contribution < 1.29 is 28.9 Å². The van der Waals surface area contributed by atoms with Crippen LogP contribution in [0.4, 0.5) is 4.79 Å². The molecule has 0 bridgehead atoms. The highest BCUT2D eigenvalue weighted by Crippen LogP contribution is 2.34. The van der Waals surface area contributed by atoms with Gasteiger partial charge in [0.15, 0.2) is 0 Å². The molecule has 0 aliphatic carbocycles. The fourth-order valence-corrected chi connectivity index (χ4v) is 6.77. The summed E-state index contributed by atoms with van der Waals surface area (Å²) in [5, 5.41) is 2.69. The van der Waals surface area contributed by atoms with Crippen molar-refractivity contribution >= 4 is 35.3 Å². The van der Waals surface area contributed by atoms with Crippen LogP contribution in [-0.2, 0) is 24.1 Å². The molecule has 0 unspecified atom stereocenters. The molecule has 52 heavy (non-hydrogen) atoms. The predicted molar refractivity (Wildman–Crippen MR) is 194 cm³/mol. The van der Waals surface area contributed by atoms with Crippen molar-refractivity contribution in [1.82, 2.24) is 35.1 Å². The number of nitrogens with zero attached hydrogens (tertiary/aromatic N) is 5. The van der Waals surface area contributed by atoms with Gasteiger partial charge in [-0.2, -0.15) is 4.89 Å². The van der Waals surface area contributed by atoms with Crippen LogP contribution in [0, 0.1) is 17.8 Å². The Bertz CT molecular complexity index is 1990. The minimum Gasteiger partial charge on any atom is -0.453 e. The van der Waals surface area contributed by atoms with E-state index in [9.17, 15) is 14.4 Å². The number of benzene rings is 2. The zero-order chi connectivity index (χ0) is 36.8. The summed E-state index contributed by atoms with van der Waals surface area (Å²) >= 11 is 0. The van der Waals surface area contributed by atoms with Gasteiger partial charge in [-0.15, -0.1) is 0 Å². The molecule has 0 radical (unpaired) electrons. The van der Waals surface area contributed by atoms with Crippen molar-refractivity contribution in [1.29, 1.82) is 0 Å². The van der Waals surface area contributed by atoms with Crippen LogP contribution in [-0.4, -0.2) is 93.4 Å². The van der Waals surface area contributed by atoms with Gasteiger partial charge in [-0.3, -0.25) is 9.59 Å². The lowest BCUT2D eigenvalue weighted by Crippen LogP contribution is -2.51. The standard InChI is InChI=1S/C38H44N8O6/c1-23(2)33(44-38(49)50-4)37(48)46-19-6-8-31(46)34-39-21-30(43-34)27-15-12-25(13-16-27)10-11-26-14-17-28-29(20-26)42-35(41-28)32-9-7-18-45(32)36(47)24(3)40-22-52-51-5/h12-17,20-24,31-33H,6-9,18-19H2,1-5H3,(H,39,43)(H,41,42)(H,44,49)/t24-,31-,32-,33-/m0/s1. The lowest BCUT2D eigenvalue weighted by atomic mass is 10.0. The number of amides is 3. The monoisotopic (exact) mass is 708 g/mol. The van der Waals surface area contributed by atoms with Gasteiger partial charge < -0.3 is 34.7 Å². The maximum absolute atomic E-state index is 13.5. The molecular formula is C38H44N8O6. The van der Waals surface area contributed by atoms with E-state index in [1.807, 2.05) is 61.2 Å². The van der Waals surface area contributed by atoms with E-state index in [2.05, 4.69) is 46.9 Å². The summed E-state index contributed by atoms with van der Waals surface area (Å²) in [6.07, 6.45) is 5.61. The minimum absolute atomic E-state index is 0.0944. The summed E-state index contributed by atoms with van der Waals surface area (Å²) in [5.41, 5.74) is 5.14. The van der Waals surface area contributed by atoms with E-state index in [-0.39, 0.29) is 29.8 Å². The molecule has 2 aliphatic rings. The van der Waals surface area contributed by atoms with Gasteiger partial charge in [-0.05, 0) is 74.4 Å². The van der Waals surface area contributed by atoms with Crippen molar-refractivity contribution in [2.75, 3.05) is 27.3 Å². The van der Waals surface area contributed by atoms with Crippen molar-refractivity contribution in [2.45, 2.75) is 70.6 Å². The highest BCUT2D eigenvalue weighted by Gasteiger charge is 2.38. The fraction of sp³-hybridized carbons (Fsp3) is 0.421. The molecule has 0 saturated carbocycles. The van der Waals surface area contributed by atoms with E-state index in [0.29, 0.717) is 18.9 Å². The predicted octanol–water partition coefficient (Wildman–Crippen LogP) is 5.06. The van der Waals surface area contributed by atoms with Crippen molar-refractivity contribution in [3.05, 3.63) is 71.4 Å². The van der Waals surface area contributed by atoms with Crippen LogP contribution >= 0.6 is 0 Å². The van der Waals surface area contributed by atoms with Gasteiger partial charge in [0, 0.05) is 24.2 Å². The molecule has 0 spiro atoms. The Morgan fingerprint density at radius 2 is 1.60 bits per heavy atom. The second-order valence-electron chi connectivity index (χ2n) is 13.3. The molecule has 3 amide bonds. The molecule has 2 aromatic heterocycles. The fourth-order valence-electron chi connectivity index (χ4n) is 6.77. The molecule has 3 N–H and O–H groups in total. The number of fused-ring (bicyclic) bond motifs is 1. The molecule has 14 heteroatoms. The molecule has 2 fully saturated rings. The van der Waals surface area contributed by atoms with Crippen molar-refractivity contribution in [3.63, 3.8) is 0 Å². The number of aliphatic imine (C=N–C) groups is 1. The Labute approximate surface area is 302 Å². The number of aromatic amines is 2. The molecule has 272 valence electrons. The summed E-state index contributed by atoms with van der Waals surface area (Å²) in [6.45, 7) is 6.75. The zero-order valence-corrected chi connectivity index (χ0v) is 30.0. The molecule has 6 rings (SSSR count). The number of imidazole rings is 2. The lowest BCUT2D eigenvalue weighted by Gasteiger charge is -2.30. The first kappa shape index (κ1) is 36.1. The summed E-state index contributed by atoms with van der Waals surface area (Å²) in [7, 11) is 2.66. The number of carbonyl (C=O) groups excluding carboxylic acids is 3. The number of methoxy groups -OCH3 is 1. The average molecular weight is 709 g/mol. The van der Waals surface area contributed by atoms with Crippen LogP contribution in [0.3, 0.4) is 0 Å². The number of ether oxygens (including phenoxy) is 1. The molecular weight excluding hydrogens is 664 g/mol. The molecule has 14 nitrogen and oxygen atoms in total. The van der Waals surface area contributed by atoms with E-state index in [4.69, 9.17) is 9.72 Å². The highest BCUT2D eigenvalue weighted by atomic mass is 17.2. The first-order valence-electron chi connectivity index (χ1n) is 17.5. The maximum atomic E-state index is 13.5. The zero-order valence-electron chi connectivity index (χ0n) is 30.0. The summed E-state index contributed by atoms with van der Waals surface area (Å²) in [5.74, 6) is 7.62. The van der Waals surface area contributed by atoms with E-state index in [0.717, 1.165) is 71.3 Å². The number of aromatic nitrogens is 4. The van der Waals surface area contributed by atoms with Crippen molar-refractivity contribution in [2.24, 2.45) is 10.9 Å². The Kier molecular flexibility index (Phi) is 11.2. The number of nitrogens with one attached hydrogen (secondary N) is 3. The number of carbonyl (C=O) groups is 3. The van der Waals surface area contributed by atoms with Crippen LogP contribution in [0.5, 0.6) is 0 Å². The van der Waals surface area contributed by atoms with Crippen LogP contribution in [0.2, 0.25) is 0 Å². The average Bonchev–Trinajstić information content (AvgIpc) is 3.98.